The van der Waals surface area contributed by atoms with Crippen LogP contribution in [-0.4, -0.2) is 29.1 Å². The van der Waals surface area contributed by atoms with Gasteiger partial charge in [0, 0.05) is 18.0 Å². The van der Waals surface area contributed by atoms with Crippen LogP contribution in [0.3, 0.4) is 0 Å². The molecule has 2 rings (SSSR count). The zero-order chi connectivity index (χ0) is 18.4. The van der Waals surface area contributed by atoms with E-state index in [0.29, 0.717) is 24.4 Å². The standard InChI is InChI=1S/C20H30N2O3/c1-20(2,25)11-10-14-4-3-5-17(12-14)19(24)22-13-15-6-8-16(9-7-15)18(21)23/h3-5,12,15-16,25H,6-11,13H2,1-2H3,(H2,21,23)(H,22,24). The van der Waals surface area contributed by atoms with E-state index in [2.05, 4.69) is 5.32 Å². The summed E-state index contributed by atoms with van der Waals surface area (Å²) >= 11 is 0. The van der Waals surface area contributed by atoms with Crippen molar-refractivity contribution >= 4 is 11.8 Å². The number of aryl methyl sites for hydroxylation is 1. The highest BCUT2D eigenvalue weighted by atomic mass is 16.3. The Morgan fingerprint density at radius 1 is 1.24 bits per heavy atom. The molecule has 0 aromatic heterocycles. The molecule has 1 saturated carbocycles. The second-order valence-electron chi connectivity index (χ2n) is 7.84. The van der Waals surface area contributed by atoms with Crippen LogP contribution in [0.25, 0.3) is 0 Å². The third kappa shape index (κ3) is 6.50. The van der Waals surface area contributed by atoms with E-state index in [1.54, 1.807) is 13.8 Å². The van der Waals surface area contributed by atoms with Crippen LogP contribution in [0.1, 0.15) is 61.9 Å². The average molecular weight is 346 g/mol. The van der Waals surface area contributed by atoms with Gasteiger partial charge in [0.05, 0.1) is 5.60 Å². The second kappa shape index (κ2) is 8.48. The Bertz CT molecular complexity index is 599. The van der Waals surface area contributed by atoms with Gasteiger partial charge in [-0.1, -0.05) is 12.1 Å². The Hall–Kier alpha value is -1.88. The molecule has 138 valence electrons. The van der Waals surface area contributed by atoms with E-state index >= 15 is 0 Å². The lowest BCUT2D eigenvalue weighted by molar-refractivity contribution is -0.122. The molecule has 4 N–H and O–H groups in total. The van der Waals surface area contributed by atoms with Gasteiger partial charge in [-0.25, -0.2) is 0 Å². The van der Waals surface area contributed by atoms with Crippen LogP contribution < -0.4 is 11.1 Å². The number of rotatable bonds is 7. The minimum Gasteiger partial charge on any atom is -0.390 e. The fourth-order valence-corrected chi connectivity index (χ4v) is 3.31. The molecule has 1 aromatic carbocycles. The van der Waals surface area contributed by atoms with Gasteiger partial charge < -0.3 is 16.2 Å². The molecular formula is C20H30N2O3. The molecule has 0 unspecified atom stereocenters. The van der Waals surface area contributed by atoms with E-state index < -0.39 is 5.60 Å². The van der Waals surface area contributed by atoms with E-state index in [9.17, 15) is 14.7 Å². The molecular weight excluding hydrogens is 316 g/mol. The molecule has 5 nitrogen and oxygen atoms in total. The molecule has 0 saturated heterocycles. The predicted molar refractivity (Wildman–Crippen MR) is 98.0 cm³/mol. The highest BCUT2D eigenvalue weighted by Crippen LogP contribution is 2.28. The number of carbonyl (C=O) groups excluding carboxylic acids is 2. The van der Waals surface area contributed by atoms with Crippen molar-refractivity contribution in [3.63, 3.8) is 0 Å². The summed E-state index contributed by atoms with van der Waals surface area (Å²) in [6.07, 6.45) is 4.90. The van der Waals surface area contributed by atoms with Crippen molar-refractivity contribution in [1.82, 2.24) is 5.32 Å². The summed E-state index contributed by atoms with van der Waals surface area (Å²) in [5.74, 6) is 0.143. The van der Waals surface area contributed by atoms with Crippen molar-refractivity contribution in [3.8, 4) is 0 Å². The van der Waals surface area contributed by atoms with Crippen LogP contribution in [0.2, 0.25) is 0 Å². The maximum atomic E-state index is 12.4. The normalized spacial score (nSPS) is 20.9. The predicted octanol–water partition coefficient (Wildman–Crippen LogP) is 2.41. The van der Waals surface area contributed by atoms with Crippen molar-refractivity contribution in [2.45, 2.75) is 58.0 Å². The molecule has 25 heavy (non-hydrogen) atoms. The first-order valence-electron chi connectivity index (χ1n) is 9.13. The Kier molecular flexibility index (Phi) is 6.59. The Morgan fingerprint density at radius 2 is 1.92 bits per heavy atom. The highest BCUT2D eigenvalue weighted by molar-refractivity contribution is 5.94. The van der Waals surface area contributed by atoms with Crippen molar-refractivity contribution in [3.05, 3.63) is 35.4 Å². The van der Waals surface area contributed by atoms with Gasteiger partial charge in [-0.2, -0.15) is 0 Å². The number of hydrogen-bond acceptors (Lipinski definition) is 3. The first kappa shape index (κ1) is 19.4. The number of primary amides is 1. The van der Waals surface area contributed by atoms with Crippen molar-refractivity contribution in [2.24, 2.45) is 17.6 Å². The summed E-state index contributed by atoms with van der Waals surface area (Å²) in [6.45, 7) is 4.21. The fourth-order valence-electron chi connectivity index (χ4n) is 3.31. The van der Waals surface area contributed by atoms with Gasteiger partial charge in [-0.15, -0.1) is 0 Å². The molecule has 2 amide bonds. The van der Waals surface area contributed by atoms with Gasteiger partial charge in [0.2, 0.25) is 5.91 Å². The summed E-state index contributed by atoms with van der Waals surface area (Å²) in [4.78, 5) is 23.6. The molecule has 5 heteroatoms. The maximum Gasteiger partial charge on any atom is 0.251 e. The topological polar surface area (TPSA) is 92.4 Å². The molecule has 0 aliphatic heterocycles. The van der Waals surface area contributed by atoms with Crippen LogP contribution >= 0.6 is 0 Å². The van der Waals surface area contributed by atoms with Crippen LogP contribution in [0.5, 0.6) is 0 Å². The Labute approximate surface area is 150 Å². The molecule has 0 atom stereocenters. The van der Waals surface area contributed by atoms with Crippen LogP contribution in [0.4, 0.5) is 0 Å². The zero-order valence-corrected chi connectivity index (χ0v) is 15.3. The maximum absolute atomic E-state index is 12.4. The summed E-state index contributed by atoms with van der Waals surface area (Å²) < 4.78 is 0. The SMILES string of the molecule is CC(C)(O)CCc1cccc(C(=O)NCC2CCC(C(N)=O)CC2)c1. The van der Waals surface area contributed by atoms with Gasteiger partial charge in [0.15, 0.2) is 0 Å². The summed E-state index contributed by atoms with van der Waals surface area (Å²) in [7, 11) is 0. The van der Waals surface area contributed by atoms with Crippen LogP contribution in [0, 0.1) is 11.8 Å². The number of benzene rings is 1. The van der Waals surface area contributed by atoms with Gasteiger partial charge >= 0.3 is 0 Å². The average Bonchev–Trinajstić information content (AvgIpc) is 2.58. The summed E-state index contributed by atoms with van der Waals surface area (Å²) in [5, 5.41) is 12.8. The molecule has 0 radical (unpaired) electrons. The van der Waals surface area contributed by atoms with E-state index in [0.717, 1.165) is 37.7 Å². The number of hydrogen-bond donors (Lipinski definition) is 3. The third-order valence-corrected chi connectivity index (χ3v) is 5.02. The van der Waals surface area contributed by atoms with Gasteiger partial charge in [0.25, 0.3) is 5.91 Å². The third-order valence-electron chi connectivity index (χ3n) is 5.02. The van der Waals surface area contributed by atoms with Crippen LogP contribution in [-0.2, 0) is 11.2 Å². The van der Waals surface area contributed by atoms with Gasteiger partial charge in [-0.3, -0.25) is 9.59 Å². The van der Waals surface area contributed by atoms with Gasteiger partial charge in [-0.05, 0) is 76.0 Å². The Morgan fingerprint density at radius 3 is 2.52 bits per heavy atom. The zero-order valence-electron chi connectivity index (χ0n) is 15.3. The molecule has 1 aromatic rings. The van der Waals surface area contributed by atoms with E-state index in [1.807, 2.05) is 24.3 Å². The molecule has 1 aliphatic rings. The lowest BCUT2D eigenvalue weighted by Gasteiger charge is -2.26. The lowest BCUT2D eigenvalue weighted by Crippen LogP contribution is -2.34. The largest absolute Gasteiger partial charge is 0.390 e. The van der Waals surface area contributed by atoms with E-state index in [-0.39, 0.29) is 17.7 Å². The highest BCUT2D eigenvalue weighted by Gasteiger charge is 2.24. The summed E-state index contributed by atoms with van der Waals surface area (Å²) in [6, 6.07) is 7.57. The number of aliphatic hydroxyl groups is 1. The lowest BCUT2D eigenvalue weighted by atomic mass is 9.81. The number of carbonyl (C=O) groups is 2. The number of amides is 2. The van der Waals surface area contributed by atoms with E-state index in [4.69, 9.17) is 5.73 Å². The first-order chi connectivity index (χ1) is 11.7. The molecule has 1 aliphatic carbocycles. The minimum atomic E-state index is -0.706. The van der Waals surface area contributed by atoms with E-state index in [1.165, 1.54) is 0 Å². The quantitative estimate of drug-likeness (QED) is 0.708. The van der Waals surface area contributed by atoms with Crippen molar-refractivity contribution in [2.75, 3.05) is 6.54 Å². The van der Waals surface area contributed by atoms with Crippen molar-refractivity contribution in [1.29, 1.82) is 0 Å². The second-order valence-corrected chi connectivity index (χ2v) is 7.84. The molecule has 0 bridgehead atoms. The molecule has 0 spiro atoms. The summed E-state index contributed by atoms with van der Waals surface area (Å²) in [5.41, 5.74) is 6.35. The molecule has 1 fully saturated rings. The van der Waals surface area contributed by atoms with Crippen LogP contribution in [0.15, 0.2) is 24.3 Å². The number of nitrogens with one attached hydrogen (secondary N) is 1. The fraction of sp³-hybridized carbons (Fsp3) is 0.600. The monoisotopic (exact) mass is 346 g/mol. The molecule has 0 heterocycles. The van der Waals surface area contributed by atoms with Crippen molar-refractivity contribution < 1.29 is 14.7 Å². The first-order valence-corrected chi connectivity index (χ1v) is 9.13. The Balaban J connectivity index is 1.82. The minimum absolute atomic E-state index is 0.000548. The smallest absolute Gasteiger partial charge is 0.251 e. The number of nitrogens with two attached hydrogens (primary N) is 1. The van der Waals surface area contributed by atoms with Gasteiger partial charge in [0.1, 0.15) is 0 Å².